The third-order valence-electron chi connectivity index (χ3n) is 8.25. The summed E-state index contributed by atoms with van der Waals surface area (Å²) in [6.07, 6.45) is 3.15. The smallest absolute Gasteiger partial charge is 0.257 e. The predicted octanol–water partition coefficient (Wildman–Crippen LogP) is 4.58. The molecule has 4 heterocycles. The first-order chi connectivity index (χ1) is 17.9. The van der Waals surface area contributed by atoms with Crippen LogP contribution in [0.3, 0.4) is 0 Å². The summed E-state index contributed by atoms with van der Waals surface area (Å²) in [4.78, 5) is 2.28. The monoisotopic (exact) mass is 547 g/mol. The van der Waals surface area contributed by atoms with Crippen LogP contribution in [-0.2, 0) is 10.2 Å². The van der Waals surface area contributed by atoms with Crippen molar-refractivity contribution in [1.82, 2.24) is 24.7 Å². The third-order valence-corrected chi connectivity index (χ3v) is 10.4. The number of fused-ring (bicyclic) bond motifs is 1. The van der Waals surface area contributed by atoms with Gasteiger partial charge in [-0.25, -0.2) is 22.6 Å². The number of nitrogens with zero attached hydrogens (tertiary/aromatic N) is 6. The summed E-state index contributed by atoms with van der Waals surface area (Å²) in [5, 5.41) is 24.4. The number of rotatable bonds is 7. The van der Waals surface area contributed by atoms with Crippen LogP contribution in [0.4, 0.5) is 18.9 Å². The SMILES string of the molecule is N#CC1(c2nnc(-n3ncc4c(N5CCC6(CC5)COC6)c(F)c(SNC5(C(F)F)CC5)cc43)s2)CC1. The zero-order chi connectivity index (χ0) is 25.4. The van der Waals surface area contributed by atoms with Gasteiger partial charge in [-0.3, -0.25) is 0 Å². The first kappa shape index (κ1) is 23.7. The van der Waals surface area contributed by atoms with Crippen LogP contribution >= 0.6 is 23.3 Å². The summed E-state index contributed by atoms with van der Waals surface area (Å²) in [5.74, 6) is -0.435. The topological polar surface area (TPSA) is 91.9 Å². The number of anilines is 1. The van der Waals surface area contributed by atoms with Gasteiger partial charge in [-0.05, 0) is 56.5 Å². The Morgan fingerprint density at radius 1 is 1.14 bits per heavy atom. The molecule has 0 unspecified atom stereocenters. The van der Waals surface area contributed by atoms with Gasteiger partial charge < -0.3 is 9.64 Å². The molecule has 0 bridgehead atoms. The number of hydrogen-bond acceptors (Lipinski definition) is 9. The van der Waals surface area contributed by atoms with Crippen LogP contribution in [-0.4, -0.2) is 58.2 Å². The average molecular weight is 548 g/mol. The number of hydrogen-bond donors (Lipinski definition) is 1. The maximum absolute atomic E-state index is 16.1. The molecule has 0 atom stereocenters. The van der Waals surface area contributed by atoms with Gasteiger partial charge >= 0.3 is 0 Å². The van der Waals surface area contributed by atoms with Crippen molar-refractivity contribution in [3.63, 3.8) is 0 Å². The zero-order valence-corrected chi connectivity index (χ0v) is 21.5. The van der Waals surface area contributed by atoms with Gasteiger partial charge in [-0.15, -0.1) is 10.2 Å². The van der Waals surface area contributed by atoms with E-state index < -0.39 is 23.2 Å². The minimum absolute atomic E-state index is 0.183. The number of nitrogens with one attached hydrogen (secondary N) is 1. The maximum Gasteiger partial charge on any atom is 0.257 e. The summed E-state index contributed by atoms with van der Waals surface area (Å²) in [6.45, 7) is 2.85. The van der Waals surface area contributed by atoms with E-state index in [1.54, 1.807) is 16.9 Å². The lowest BCUT2D eigenvalue weighted by molar-refractivity contribution is -0.124. The highest BCUT2D eigenvalue weighted by Crippen LogP contribution is 2.49. The fourth-order valence-electron chi connectivity index (χ4n) is 5.17. The van der Waals surface area contributed by atoms with E-state index in [1.165, 1.54) is 11.3 Å². The van der Waals surface area contributed by atoms with Crippen molar-refractivity contribution in [3.05, 3.63) is 23.1 Å². The molecule has 2 aromatic heterocycles. The van der Waals surface area contributed by atoms with Crippen LogP contribution in [0, 0.1) is 22.6 Å². The molecule has 2 saturated carbocycles. The van der Waals surface area contributed by atoms with Crippen molar-refractivity contribution in [2.45, 2.75) is 60.8 Å². The highest BCUT2D eigenvalue weighted by atomic mass is 32.2. The largest absolute Gasteiger partial charge is 0.380 e. The van der Waals surface area contributed by atoms with Crippen molar-refractivity contribution < 1.29 is 17.9 Å². The minimum atomic E-state index is -2.52. The van der Waals surface area contributed by atoms with E-state index in [-0.39, 0.29) is 10.3 Å². The van der Waals surface area contributed by atoms with Gasteiger partial charge in [0.15, 0.2) is 5.82 Å². The molecule has 1 N–H and O–H groups in total. The quantitative estimate of drug-likeness (QED) is 0.430. The van der Waals surface area contributed by atoms with E-state index >= 15 is 4.39 Å². The van der Waals surface area contributed by atoms with E-state index in [9.17, 15) is 14.0 Å². The van der Waals surface area contributed by atoms with Crippen LogP contribution in [0.1, 0.15) is 43.5 Å². The number of ether oxygens (including phenoxy) is 1. The van der Waals surface area contributed by atoms with Crippen molar-refractivity contribution in [1.29, 1.82) is 5.26 Å². The molecule has 13 heteroatoms. The molecular weight excluding hydrogens is 523 g/mol. The molecule has 4 fully saturated rings. The van der Waals surface area contributed by atoms with E-state index in [4.69, 9.17) is 4.74 Å². The molecule has 1 aromatic carbocycles. The Bertz CT molecular complexity index is 1410. The van der Waals surface area contributed by atoms with Crippen LogP contribution in [0.5, 0.6) is 0 Å². The van der Waals surface area contributed by atoms with Gasteiger partial charge in [0.25, 0.3) is 6.43 Å². The fourth-order valence-corrected chi connectivity index (χ4v) is 7.15. The second-order valence-corrected chi connectivity index (χ2v) is 12.6. The number of halogens is 3. The Balaban J connectivity index is 1.28. The van der Waals surface area contributed by atoms with Gasteiger partial charge in [-0.2, -0.15) is 10.4 Å². The molecule has 0 amide bonds. The highest BCUT2D eigenvalue weighted by molar-refractivity contribution is 7.97. The first-order valence-electron chi connectivity index (χ1n) is 12.4. The number of piperidine rings is 1. The standard InChI is InChI=1S/C24H24F3N7OS2/c25-17-16(37-32-24(3-4-24)19(26)27)9-15-14(18(17)33-7-5-22(6-8-33)12-35-13-22)10-29-34(15)21-31-30-20(36-21)23(11-28)1-2-23/h9-10,19,32H,1-8,12-13H2. The van der Waals surface area contributed by atoms with Crippen LogP contribution in [0.15, 0.2) is 17.2 Å². The van der Waals surface area contributed by atoms with Gasteiger partial charge in [0, 0.05) is 23.9 Å². The molecule has 37 heavy (non-hydrogen) atoms. The molecule has 2 aliphatic heterocycles. The molecular formula is C24H24F3N7OS2. The molecule has 7 rings (SSSR count). The van der Waals surface area contributed by atoms with Gasteiger partial charge in [0.05, 0.1) is 47.1 Å². The van der Waals surface area contributed by atoms with E-state index in [2.05, 4.69) is 26.1 Å². The molecule has 0 radical (unpaired) electrons. The van der Waals surface area contributed by atoms with E-state index in [0.717, 1.165) is 50.8 Å². The lowest BCUT2D eigenvalue weighted by Gasteiger charge is -2.48. The Labute approximate surface area is 219 Å². The van der Waals surface area contributed by atoms with Crippen molar-refractivity contribution in [3.8, 4) is 11.2 Å². The predicted molar refractivity (Wildman–Crippen MR) is 133 cm³/mol. The summed E-state index contributed by atoms with van der Waals surface area (Å²) in [5.41, 5.74) is -0.588. The number of alkyl halides is 2. The van der Waals surface area contributed by atoms with Gasteiger partial charge in [0.2, 0.25) is 5.13 Å². The third kappa shape index (κ3) is 3.75. The lowest BCUT2D eigenvalue weighted by Crippen LogP contribution is -2.51. The summed E-state index contributed by atoms with van der Waals surface area (Å²) >= 11 is 2.22. The summed E-state index contributed by atoms with van der Waals surface area (Å²) in [7, 11) is 0. The molecule has 2 aliphatic carbocycles. The molecule has 2 saturated heterocycles. The fraction of sp³-hybridized carbons (Fsp3) is 0.583. The van der Waals surface area contributed by atoms with Gasteiger partial charge in [0.1, 0.15) is 10.4 Å². The number of nitriles is 1. The van der Waals surface area contributed by atoms with Crippen LogP contribution in [0.2, 0.25) is 0 Å². The van der Waals surface area contributed by atoms with Gasteiger partial charge in [-0.1, -0.05) is 11.3 Å². The Kier molecular flexibility index (Phi) is 5.31. The molecule has 4 aliphatic rings. The molecule has 1 spiro atoms. The molecule has 3 aromatic rings. The van der Waals surface area contributed by atoms with Crippen molar-refractivity contribution in [2.24, 2.45) is 5.41 Å². The van der Waals surface area contributed by atoms with Crippen LogP contribution < -0.4 is 9.62 Å². The number of aromatic nitrogens is 4. The molecule has 8 nitrogen and oxygen atoms in total. The lowest BCUT2D eigenvalue weighted by atomic mass is 9.76. The van der Waals surface area contributed by atoms with Crippen molar-refractivity contribution in [2.75, 3.05) is 31.2 Å². The number of benzene rings is 1. The Morgan fingerprint density at radius 2 is 1.89 bits per heavy atom. The maximum atomic E-state index is 16.1. The Morgan fingerprint density at radius 3 is 2.49 bits per heavy atom. The zero-order valence-electron chi connectivity index (χ0n) is 19.8. The van der Waals surface area contributed by atoms with E-state index in [0.29, 0.717) is 52.7 Å². The second-order valence-electron chi connectivity index (χ2n) is 10.8. The Hall–Kier alpha value is -2.40. The summed E-state index contributed by atoms with van der Waals surface area (Å²) in [6, 6.07) is 3.98. The first-order valence-corrected chi connectivity index (χ1v) is 14.0. The van der Waals surface area contributed by atoms with E-state index in [1.807, 2.05) is 4.90 Å². The molecule has 194 valence electrons. The normalized spacial score (nSPS) is 22.8. The van der Waals surface area contributed by atoms with Crippen molar-refractivity contribution >= 4 is 39.9 Å². The van der Waals surface area contributed by atoms with Crippen LogP contribution in [0.25, 0.3) is 16.0 Å². The second kappa shape index (κ2) is 8.30. The minimum Gasteiger partial charge on any atom is -0.380 e. The highest BCUT2D eigenvalue weighted by Gasteiger charge is 2.51. The summed E-state index contributed by atoms with van der Waals surface area (Å²) < 4.78 is 53.1. The average Bonchev–Trinajstić information content (AvgIpc) is 3.77.